The van der Waals surface area contributed by atoms with E-state index in [1.807, 2.05) is 30.3 Å². The molecule has 3 rings (SSSR count). The van der Waals surface area contributed by atoms with Gasteiger partial charge in [-0.3, -0.25) is 0 Å². The molecule has 0 spiro atoms. The largest absolute Gasteiger partial charge is 0.436 e. The summed E-state index contributed by atoms with van der Waals surface area (Å²) in [6, 6.07) is 18.3. The molecule has 0 saturated carbocycles. The molecule has 0 atom stereocenters. The fourth-order valence-electron chi connectivity index (χ4n) is 2.03. The third-order valence-electron chi connectivity index (χ3n) is 3.17. The maximum absolute atomic E-state index is 5.82. The second kappa shape index (κ2) is 5.11. The molecule has 0 aliphatic carbocycles. The summed E-state index contributed by atoms with van der Waals surface area (Å²) in [5.74, 6) is 1.47. The Morgan fingerprint density at radius 3 is 2.32 bits per heavy atom. The summed E-state index contributed by atoms with van der Waals surface area (Å²) in [5.41, 5.74) is 3.38. The van der Waals surface area contributed by atoms with Gasteiger partial charge >= 0.3 is 0 Å². The highest BCUT2D eigenvalue weighted by atomic mass is 16.4. The minimum absolute atomic E-state index is 0.668. The van der Waals surface area contributed by atoms with Gasteiger partial charge in [0.25, 0.3) is 0 Å². The van der Waals surface area contributed by atoms with Crippen molar-refractivity contribution in [3.8, 4) is 22.8 Å². The van der Waals surface area contributed by atoms with Gasteiger partial charge in [0.2, 0.25) is 5.89 Å². The van der Waals surface area contributed by atoms with Crippen molar-refractivity contribution in [2.45, 2.75) is 13.3 Å². The Labute approximate surface area is 112 Å². The van der Waals surface area contributed by atoms with E-state index in [0.717, 1.165) is 23.3 Å². The summed E-state index contributed by atoms with van der Waals surface area (Å²) in [6.45, 7) is 2.15. The summed E-state index contributed by atoms with van der Waals surface area (Å²) in [5, 5.41) is 0. The van der Waals surface area contributed by atoms with Crippen molar-refractivity contribution >= 4 is 0 Å². The molecule has 0 bridgehead atoms. The Kier molecular flexibility index (Phi) is 3.15. The van der Waals surface area contributed by atoms with Gasteiger partial charge in [-0.2, -0.15) is 0 Å². The third kappa shape index (κ3) is 2.43. The summed E-state index contributed by atoms with van der Waals surface area (Å²) < 4.78 is 5.82. The normalized spacial score (nSPS) is 10.6. The molecular weight excluding hydrogens is 234 g/mol. The zero-order valence-electron chi connectivity index (χ0n) is 10.8. The van der Waals surface area contributed by atoms with E-state index in [-0.39, 0.29) is 0 Å². The fourth-order valence-corrected chi connectivity index (χ4v) is 2.03. The number of aryl methyl sites for hydroxylation is 1. The summed E-state index contributed by atoms with van der Waals surface area (Å²) in [4.78, 5) is 4.35. The molecule has 2 nitrogen and oxygen atoms in total. The molecule has 0 saturated heterocycles. The van der Waals surface area contributed by atoms with E-state index in [1.165, 1.54) is 5.56 Å². The van der Waals surface area contributed by atoms with Crippen LogP contribution in [0.25, 0.3) is 22.8 Å². The lowest BCUT2D eigenvalue weighted by Crippen LogP contribution is -1.80. The first-order chi connectivity index (χ1) is 9.36. The van der Waals surface area contributed by atoms with Crippen LogP contribution in [0.15, 0.2) is 65.2 Å². The topological polar surface area (TPSA) is 26.0 Å². The zero-order valence-corrected chi connectivity index (χ0v) is 10.8. The molecule has 94 valence electrons. The number of hydrogen-bond acceptors (Lipinski definition) is 2. The van der Waals surface area contributed by atoms with Crippen LogP contribution in [0, 0.1) is 0 Å². The van der Waals surface area contributed by atoms with E-state index in [2.05, 4.69) is 36.2 Å². The van der Waals surface area contributed by atoms with E-state index in [9.17, 15) is 0 Å². The van der Waals surface area contributed by atoms with Crippen LogP contribution < -0.4 is 0 Å². The first-order valence-electron chi connectivity index (χ1n) is 6.47. The Morgan fingerprint density at radius 2 is 1.63 bits per heavy atom. The monoisotopic (exact) mass is 249 g/mol. The minimum Gasteiger partial charge on any atom is -0.436 e. The molecule has 1 aromatic heterocycles. The number of aromatic nitrogens is 1. The van der Waals surface area contributed by atoms with E-state index in [1.54, 1.807) is 6.20 Å². The SMILES string of the molecule is CCc1ccc(-c2ncc(-c3ccccc3)o2)cc1. The Hall–Kier alpha value is -2.35. The average Bonchev–Trinajstić information content (AvgIpc) is 2.98. The van der Waals surface area contributed by atoms with Crippen molar-refractivity contribution in [3.63, 3.8) is 0 Å². The Morgan fingerprint density at radius 1 is 0.895 bits per heavy atom. The molecule has 0 radical (unpaired) electrons. The number of hydrogen-bond donors (Lipinski definition) is 0. The highest BCUT2D eigenvalue weighted by Gasteiger charge is 2.07. The molecule has 0 aliphatic heterocycles. The molecule has 0 N–H and O–H groups in total. The van der Waals surface area contributed by atoms with Gasteiger partial charge < -0.3 is 4.42 Å². The van der Waals surface area contributed by atoms with Crippen LogP contribution in [0.1, 0.15) is 12.5 Å². The van der Waals surface area contributed by atoms with E-state index < -0.39 is 0 Å². The predicted molar refractivity (Wildman–Crippen MR) is 76.8 cm³/mol. The van der Waals surface area contributed by atoms with Crippen LogP contribution in [0.3, 0.4) is 0 Å². The van der Waals surface area contributed by atoms with Crippen LogP contribution in [0.4, 0.5) is 0 Å². The van der Waals surface area contributed by atoms with Crippen LogP contribution in [-0.4, -0.2) is 4.98 Å². The number of rotatable bonds is 3. The quantitative estimate of drug-likeness (QED) is 0.679. The lowest BCUT2D eigenvalue weighted by Gasteiger charge is -1.98. The van der Waals surface area contributed by atoms with E-state index in [0.29, 0.717) is 5.89 Å². The van der Waals surface area contributed by atoms with Crippen molar-refractivity contribution in [2.24, 2.45) is 0 Å². The summed E-state index contributed by atoms with van der Waals surface area (Å²) in [6.07, 6.45) is 2.82. The first kappa shape index (κ1) is 11.7. The van der Waals surface area contributed by atoms with Gasteiger partial charge in [-0.15, -0.1) is 0 Å². The molecule has 2 aromatic carbocycles. The summed E-state index contributed by atoms with van der Waals surface area (Å²) >= 11 is 0. The maximum Gasteiger partial charge on any atom is 0.226 e. The Bertz CT molecular complexity index is 653. The van der Waals surface area contributed by atoms with Gasteiger partial charge in [-0.05, 0) is 24.1 Å². The van der Waals surface area contributed by atoms with Crippen LogP contribution in [0.5, 0.6) is 0 Å². The van der Waals surface area contributed by atoms with Gasteiger partial charge in [0.05, 0.1) is 6.20 Å². The second-order valence-corrected chi connectivity index (χ2v) is 4.45. The standard InChI is InChI=1S/C17H15NO/c1-2-13-8-10-15(11-9-13)17-18-12-16(19-17)14-6-4-3-5-7-14/h3-12H,2H2,1H3. The maximum atomic E-state index is 5.82. The van der Waals surface area contributed by atoms with Gasteiger partial charge in [0.15, 0.2) is 5.76 Å². The van der Waals surface area contributed by atoms with Crippen LogP contribution in [0.2, 0.25) is 0 Å². The van der Waals surface area contributed by atoms with Crippen LogP contribution >= 0.6 is 0 Å². The van der Waals surface area contributed by atoms with Gasteiger partial charge in [-0.25, -0.2) is 4.98 Å². The second-order valence-electron chi connectivity index (χ2n) is 4.45. The highest BCUT2D eigenvalue weighted by Crippen LogP contribution is 2.25. The van der Waals surface area contributed by atoms with Crippen molar-refractivity contribution < 1.29 is 4.42 Å². The van der Waals surface area contributed by atoms with Gasteiger partial charge in [-0.1, -0.05) is 49.4 Å². The molecule has 19 heavy (non-hydrogen) atoms. The number of benzene rings is 2. The molecule has 0 aliphatic rings. The smallest absolute Gasteiger partial charge is 0.226 e. The van der Waals surface area contributed by atoms with Crippen molar-refractivity contribution in [2.75, 3.05) is 0 Å². The first-order valence-corrected chi connectivity index (χ1v) is 6.47. The van der Waals surface area contributed by atoms with E-state index in [4.69, 9.17) is 4.42 Å². The molecule has 0 fully saturated rings. The molecular formula is C17H15NO. The summed E-state index contributed by atoms with van der Waals surface area (Å²) in [7, 11) is 0. The number of oxazole rings is 1. The lowest BCUT2D eigenvalue weighted by atomic mass is 10.1. The number of nitrogens with zero attached hydrogens (tertiary/aromatic N) is 1. The molecule has 0 unspecified atom stereocenters. The zero-order chi connectivity index (χ0) is 13.1. The van der Waals surface area contributed by atoms with Gasteiger partial charge in [0.1, 0.15) is 0 Å². The van der Waals surface area contributed by atoms with Crippen LogP contribution in [-0.2, 0) is 6.42 Å². The minimum atomic E-state index is 0.668. The molecule has 2 heteroatoms. The third-order valence-corrected chi connectivity index (χ3v) is 3.17. The van der Waals surface area contributed by atoms with Gasteiger partial charge in [0, 0.05) is 11.1 Å². The Balaban J connectivity index is 1.92. The average molecular weight is 249 g/mol. The van der Waals surface area contributed by atoms with E-state index >= 15 is 0 Å². The predicted octanol–water partition coefficient (Wildman–Crippen LogP) is 4.57. The molecule has 0 amide bonds. The fraction of sp³-hybridized carbons (Fsp3) is 0.118. The molecule has 1 heterocycles. The lowest BCUT2D eigenvalue weighted by molar-refractivity contribution is 0.589. The highest BCUT2D eigenvalue weighted by molar-refractivity contribution is 5.61. The van der Waals surface area contributed by atoms with Crippen molar-refractivity contribution in [3.05, 3.63) is 66.4 Å². The van der Waals surface area contributed by atoms with Crippen molar-refractivity contribution in [1.82, 2.24) is 4.98 Å². The molecule has 3 aromatic rings. The van der Waals surface area contributed by atoms with Crippen molar-refractivity contribution in [1.29, 1.82) is 0 Å².